The first kappa shape index (κ1) is 15.9. The molecule has 3 atom stereocenters. The van der Waals surface area contributed by atoms with Gasteiger partial charge in [0, 0.05) is 18.6 Å². The van der Waals surface area contributed by atoms with E-state index in [1.807, 2.05) is 0 Å². The highest BCUT2D eigenvalue weighted by molar-refractivity contribution is 4.66. The first-order valence-electron chi connectivity index (χ1n) is 6.93. The molecule has 0 spiro atoms. The third kappa shape index (κ3) is 8.12. The van der Waals surface area contributed by atoms with Crippen molar-refractivity contribution < 1.29 is 0 Å². The molecule has 0 radical (unpaired) electrons. The highest BCUT2D eigenvalue weighted by Gasteiger charge is 2.11. The third-order valence-electron chi connectivity index (χ3n) is 3.41. The molecule has 0 heterocycles. The van der Waals surface area contributed by atoms with Gasteiger partial charge in [0.15, 0.2) is 0 Å². The predicted octanol–water partition coefficient (Wildman–Crippen LogP) is 3.26. The van der Waals surface area contributed by atoms with Gasteiger partial charge in [-0.25, -0.2) is 0 Å². The third-order valence-corrected chi connectivity index (χ3v) is 3.41. The molecule has 0 aliphatic heterocycles. The van der Waals surface area contributed by atoms with Gasteiger partial charge < -0.3 is 10.6 Å². The van der Waals surface area contributed by atoms with Crippen LogP contribution in [0.2, 0.25) is 0 Å². The maximum Gasteiger partial charge on any atom is 0.00638 e. The van der Waals surface area contributed by atoms with Gasteiger partial charge in [0.25, 0.3) is 0 Å². The van der Waals surface area contributed by atoms with Crippen LogP contribution in [0.25, 0.3) is 0 Å². The number of hydrogen-bond acceptors (Lipinski definition) is 2. The minimum Gasteiger partial charge on any atom is -0.328 e. The van der Waals surface area contributed by atoms with E-state index in [1.54, 1.807) is 0 Å². The first-order valence-corrected chi connectivity index (χ1v) is 6.93. The lowest BCUT2D eigenvalue weighted by atomic mass is 10.0. The molecule has 0 saturated carbocycles. The molecular weight excluding hydrogens is 196 g/mol. The molecule has 2 heteroatoms. The minimum atomic E-state index is 0.365. The molecule has 0 bridgehead atoms. The van der Waals surface area contributed by atoms with Crippen molar-refractivity contribution in [2.45, 2.75) is 71.9 Å². The highest BCUT2D eigenvalue weighted by atomic mass is 15.1. The Morgan fingerprint density at radius 2 is 1.69 bits per heavy atom. The van der Waals surface area contributed by atoms with E-state index in [4.69, 9.17) is 5.73 Å². The summed E-state index contributed by atoms with van der Waals surface area (Å²) >= 11 is 0. The van der Waals surface area contributed by atoms with Gasteiger partial charge in [-0.3, -0.25) is 0 Å². The molecule has 0 aliphatic carbocycles. The summed E-state index contributed by atoms with van der Waals surface area (Å²) in [6, 6.07) is 1.09. The van der Waals surface area contributed by atoms with Crippen LogP contribution in [0.4, 0.5) is 0 Å². The molecule has 0 aromatic rings. The Labute approximate surface area is 103 Å². The topological polar surface area (TPSA) is 29.3 Å². The van der Waals surface area contributed by atoms with Crippen molar-refractivity contribution >= 4 is 0 Å². The molecule has 3 unspecified atom stereocenters. The van der Waals surface area contributed by atoms with Crippen LogP contribution in [-0.4, -0.2) is 30.6 Å². The summed E-state index contributed by atoms with van der Waals surface area (Å²) in [7, 11) is 2.25. The van der Waals surface area contributed by atoms with E-state index >= 15 is 0 Å². The second kappa shape index (κ2) is 9.00. The van der Waals surface area contributed by atoms with Crippen LogP contribution in [0.1, 0.15) is 59.8 Å². The van der Waals surface area contributed by atoms with Gasteiger partial charge in [0.05, 0.1) is 0 Å². The minimum absolute atomic E-state index is 0.365. The zero-order chi connectivity index (χ0) is 12.6. The van der Waals surface area contributed by atoms with Crippen LogP contribution in [-0.2, 0) is 0 Å². The van der Waals surface area contributed by atoms with E-state index < -0.39 is 0 Å². The summed E-state index contributed by atoms with van der Waals surface area (Å²) in [6.45, 7) is 10.3. The maximum absolute atomic E-state index is 5.76. The van der Waals surface area contributed by atoms with Gasteiger partial charge in [-0.15, -0.1) is 0 Å². The van der Waals surface area contributed by atoms with Crippen LogP contribution in [0, 0.1) is 5.92 Å². The van der Waals surface area contributed by atoms with Crippen molar-refractivity contribution in [3.05, 3.63) is 0 Å². The average molecular weight is 228 g/mol. The monoisotopic (exact) mass is 228 g/mol. The molecule has 0 aromatic heterocycles. The smallest absolute Gasteiger partial charge is 0.00638 e. The summed E-state index contributed by atoms with van der Waals surface area (Å²) in [6.07, 6.45) is 6.34. The quantitative estimate of drug-likeness (QED) is 0.656. The Kier molecular flexibility index (Phi) is 8.96. The largest absolute Gasteiger partial charge is 0.328 e. The van der Waals surface area contributed by atoms with Gasteiger partial charge in [0.2, 0.25) is 0 Å². The summed E-state index contributed by atoms with van der Waals surface area (Å²) in [5.74, 6) is 0.794. The van der Waals surface area contributed by atoms with Gasteiger partial charge in [-0.2, -0.15) is 0 Å². The van der Waals surface area contributed by atoms with Crippen molar-refractivity contribution in [3.8, 4) is 0 Å². The molecule has 0 rings (SSSR count). The van der Waals surface area contributed by atoms with Crippen molar-refractivity contribution in [2.24, 2.45) is 11.7 Å². The summed E-state index contributed by atoms with van der Waals surface area (Å²) in [5, 5.41) is 0. The summed E-state index contributed by atoms with van der Waals surface area (Å²) < 4.78 is 0. The Morgan fingerprint density at radius 3 is 2.19 bits per heavy atom. The number of hydrogen-bond donors (Lipinski definition) is 1. The lowest BCUT2D eigenvalue weighted by molar-refractivity contribution is 0.208. The summed E-state index contributed by atoms with van der Waals surface area (Å²) in [5.41, 5.74) is 5.76. The molecular formula is C14H32N2. The molecule has 2 nitrogen and oxygen atoms in total. The van der Waals surface area contributed by atoms with Gasteiger partial charge in [0.1, 0.15) is 0 Å². The van der Waals surface area contributed by atoms with Crippen molar-refractivity contribution in [1.29, 1.82) is 0 Å². The van der Waals surface area contributed by atoms with Crippen LogP contribution >= 0.6 is 0 Å². The van der Waals surface area contributed by atoms with E-state index in [0.717, 1.165) is 12.0 Å². The Morgan fingerprint density at radius 1 is 1.06 bits per heavy atom. The van der Waals surface area contributed by atoms with E-state index in [1.165, 1.54) is 38.6 Å². The maximum atomic E-state index is 5.76. The summed E-state index contributed by atoms with van der Waals surface area (Å²) in [4.78, 5) is 2.50. The van der Waals surface area contributed by atoms with E-state index in [0.29, 0.717) is 6.04 Å². The van der Waals surface area contributed by atoms with E-state index in [9.17, 15) is 0 Å². The average Bonchev–Trinajstić information content (AvgIpc) is 2.17. The standard InChI is InChI=1S/C14H32N2/c1-6-8-14(4)16(5)11-12(2)9-7-10-13(3)15/h12-14H,6-11,15H2,1-5H3. The molecule has 98 valence electrons. The SMILES string of the molecule is CCCC(C)N(C)CC(C)CCCC(C)N. The van der Waals surface area contributed by atoms with Crippen LogP contribution in [0.5, 0.6) is 0 Å². The Bertz CT molecular complexity index is 157. The second-order valence-corrected chi connectivity index (χ2v) is 5.59. The van der Waals surface area contributed by atoms with Crippen LogP contribution < -0.4 is 5.73 Å². The number of nitrogens with zero attached hydrogens (tertiary/aromatic N) is 1. The lowest BCUT2D eigenvalue weighted by Crippen LogP contribution is -2.32. The fourth-order valence-corrected chi connectivity index (χ4v) is 2.19. The zero-order valence-electron chi connectivity index (χ0n) is 12.0. The number of rotatable bonds is 9. The lowest BCUT2D eigenvalue weighted by Gasteiger charge is -2.27. The molecule has 0 amide bonds. The Hall–Kier alpha value is -0.0800. The molecule has 0 saturated heterocycles. The Balaban J connectivity index is 3.64. The molecule has 0 fully saturated rings. The molecule has 2 N–H and O–H groups in total. The van der Waals surface area contributed by atoms with Gasteiger partial charge >= 0.3 is 0 Å². The predicted molar refractivity (Wildman–Crippen MR) is 73.7 cm³/mol. The fourth-order valence-electron chi connectivity index (χ4n) is 2.19. The van der Waals surface area contributed by atoms with Gasteiger partial charge in [-0.05, 0) is 46.1 Å². The van der Waals surface area contributed by atoms with Gasteiger partial charge in [-0.1, -0.05) is 26.7 Å². The fraction of sp³-hybridized carbons (Fsp3) is 1.00. The van der Waals surface area contributed by atoms with Crippen molar-refractivity contribution in [2.75, 3.05) is 13.6 Å². The normalized spacial score (nSPS) is 17.4. The first-order chi connectivity index (χ1) is 7.47. The van der Waals surface area contributed by atoms with Crippen molar-refractivity contribution in [1.82, 2.24) is 4.90 Å². The van der Waals surface area contributed by atoms with E-state index in [2.05, 4.69) is 39.6 Å². The zero-order valence-corrected chi connectivity index (χ0v) is 12.0. The number of nitrogens with two attached hydrogens (primary N) is 1. The highest BCUT2D eigenvalue weighted by Crippen LogP contribution is 2.13. The molecule has 0 aliphatic rings. The van der Waals surface area contributed by atoms with Crippen LogP contribution in [0.3, 0.4) is 0 Å². The van der Waals surface area contributed by atoms with Crippen molar-refractivity contribution in [3.63, 3.8) is 0 Å². The molecule has 0 aromatic carbocycles. The second-order valence-electron chi connectivity index (χ2n) is 5.59. The molecule has 16 heavy (non-hydrogen) atoms. The van der Waals surface area contributed by atoms with E-state index in [-0.39, 0.29) is 0 Å². The van der Waals surface area contributed by atoms with Crippen LogP contribution in [0.15, 0.2) is 0 Å².